The second kappa shape index (κ2) is 7.36. The number of hydrogen-bond acceptors (Lipinski definition) is 2. The van der Waals surface area contributed by atoms with E-state index in [0.717, 1.165) is 49.1 Å². The molecule has 1 fully saturated rings. The molecule has 1 atom stereocenters. The van der Waals surface area contributed by atoms with Gasteiger partial charge in [0.25, 0.3) is 0 Å². The van der Waals surface area contributed by atoms with Crippen LogP contribution in [0.1, 0.15) is 37.8 Å². The molecule has 0 radical (unpaired) electrons. The Balaban J connectivity index is 2.19. The summed E-state index contributed by atoms with van der Waals surface area (Å²) < 4.78 is 20.4. The van der Waals surface area contributed by atoms with Crippen LogP contribution in [0.5, 0.6) is 0 Å². The highest BCUT2D eigenvalue weighted by molar-refractivity contribution is 9.10. The SMILES string of the molecule is CCCNC(c1ccc(Br)cc1F)C1CCOCC1. The molecule has 1 aliphatic rings. The predicted octanol–water partition coefficient (Wildman–Crippen LogP) is 4.06. The van der Waals surface area contributed by atoms with Crippen molar-refractivity contribution < 1.29 is 9.13 Å². The van der Waals surface area contributed by atoms with E-state index in [9.17, 15) is 4.39 Å². The standard InChI is InChI=1S/C15H21BrFNO/c1-2-7-18-15(11-5-8-19-9-6-11)13-4-3-12(16)10-14(13)17/h3-4,10-11,15,18H,2,5-9H2,1H3. The Morgan fingerprint density at radius 1 is 1.42 bits per heavy atom. The lowest BCUT2D eigenvalue weighted by Gasteiger charge is -2.31. The van der Waals surface area contributed by atoms with E-state index in [1.165, 1.54) is 0 Å². The van der Waals surface area contributed by atoms with Crippen molar-refractivity contribution >= 4 is 15.9 Å². The van der Waals surface area contributed by atoms with Crippen LogP contribution in [0.25, 0.3) is 0 Å². The summed E-state index contributed by atoms with van der Waals surface area (Å²) in [6.07, 6.45) is 3.05. The molecule has 4 heteroatoms. The molecule has 0 spiro atoms. The highest BCUT2D eigenvalue weighted by atomic mass is 79.9. The van der Waals surface area contributed by atoms with Crippen molar-refractivity contribution in [3.05, 3.63) is 34.1 Å². The Morgan fingerprint density at radius 2 is 2.16 bits per heavy atom. The summed E-state index contributed by atoms with van der Waals surface area (Å²) in [6, 6.07) is 5.45. The largest absolute Gasteiger partial charge is 0.381 e. The summed E-state index contributed by atoms with van der Waals surface area (Å²) in [7, 11) is 0. The van der Waals surface area contributed by atoms with Gasteiger partial charge < -0.3 is 10.1 Å². The first kappa shape index (κ1) is 14.9. The van der Waals surface area contributed by atoms with E-state index in [0.29, 0.717) is 5.92 Å². The second-order valence-corrected chi connectivity index (χ2v) is 5.96. The lowest BCUT2D eigenvalue weighted by molar-refractivity contribution is 0.0531. The van der Waals surface area contributed by atoms with E-state index in [1.807, 2.05) is 12.1 Å². The van der Waals surface area contributed by atoms with Gasteiger partial charge in [-0.3, -0.25) is 0 Å². The van der Waals surface area contributed by atoms with Crippen molar-refractivity contribution in [2.45, 2.75) is 32.2 Å². The fourth-order valence-corrected chi connectivity index (χ4v) is 2.97. The lowest BCUT2D eigenvalue weighted by Crippen LogP contribution is -2.33. The maximum absolute atomic E-state index is 14.2. The molecule has 0 saturated carbocycles. The topological polar surface area (TPSA) is 21.3 Å². The monoisotopic (exact) mass is 329 g/mol. The van der Waals surface area contributed by atoms with Gasteiger partial charge in [0, 0.05) is 29.3 Å². The molecule has 1 aromatic rings. The molecule has 0 bridgehead atoms. The molecule has 2 nitrogen and oxygen atoms in total. The summed E-state index contributed by atoms with van der Waals surface area (Å²) in [5.74, 6) is 0.324. The van der Waals surface area contributed by atoms with Gasteiger partial charge in [0.05, 0.1) is 0 Å². The molecule has 19 heavy (non-hydrogen) atoms. The summed E-state index contributed by atoms with van der Waals surface area (Å²) in [6.45, 7) is 4.61. The summed E-state index contributed by atoms with van der Waals surface area (Å²) in [5, 5.41) is 3.50. The van der Waals surface area contributed by atoms with Gasteiger partial charge in [-0.2, -0.15) is 0 Å². The minimum absolute atomic E-state index is 0.0944. The van der Waals surface area contributed by atoms with Crippen molar-refractivity contribution in [1.82, 2.24) is 5.32 Å². The fraction of sp³-hybridized carbons (Fsp3) is 0.600. The number of halogens is 2. The Kier molecular flexibility index (Phi) is 5.79. The normalized spacial score (nSPS) is 18.5. The first-order chi connectivity index (χ1) is 9.22. The van der Waals surface area contributed by atoms with Crippen molar-refractivity contribution in [3.8, 4) is 0 Å². The number of nitrogens with one attached hydrogen (secondary N) is 1. The molecule has 2 rings (SSSR count). The van der Waals surface area contributed by atoms with E-state index >= 15 is 0 Å². The highest BCUT2D eigenvalue weighted by Gasteiger charge is 2.26. The zero-order valence-electron chi connectivity index (χ0n) is 11.3. The van der Waals surface area contributed by atoms with Crippen LogP contribution in [0.15, 0.2) is 22.7 Å². The molecular weight excluding hydrogens is 309 g/mol. The van der Waals surface area contributed by atoms with Crippen LogP contribution < -0.4 is 5.32 Å². The number of ether oxygens (including phenoxy) is 1. The van der Waals surface area contributed by atoms with Gasteiger partial charge in [0.15, 0.2) is 0 Å². The average Bonchev–Trinajstić information content (AvgIpc) is 2.42. The van der Waals surface area contributed by atoms with Gasteiger partial charge in [-0.15, -0.1) is 0 Å². The first-order valence-corrected chi connectivity index (χ1v) is 7.77. The van der Waals surface area contributed by atoms with Crippen molar-refractivity contribution in [3.63, 3.8) is 0 Å². The van der Waals surface area contributed by atoms with Crippen LogP contribution in [0.4, 0.5) is 4.39 Å². The number of benzene rings is 1. The van der Waals surface area contributed by atoms with E-state index in [2.05, 4.69) is 28.2 Å². The maximum Gasteiger partial charge on any atom is 0.129 e. The van der Waals surface area contributed by atoms with Gasteiger partial charge in [0.1, 0.15) is 5.82 Å². The summed E-state index contributed by atoms with van der Waals surface area (Å²) in [5.41, 5.74) is 0.781. The van der Waals surface area contributed by atoms with E-state index in [4.69, 9.17) is 4.74 Å². The van der Waals surface area contributed by atoms with Gasteiger partial charge in [-0.25, -0.2) is 4.39 Å². The molecular formula is C15H21BrFNO. The van der Waals surface area contributed by atoms with Crippen molar-refractivity contribution in [1.29, 1.82) is 0 Å². The van der Waals surface area contributed by atoms with Crippen molar-refractivity contribution in [2.75, 3.05) is 19.8 Å². The quantitative estimate of drug-likeness (QED) is 0.879. The van der Waals surface area contributed by atoms with Crippen LogP contribution in [-0.2, 0) is 4.74 Å². The number of rotatable bonds is 5. The zero-order chi connectivity index (χ0) is 13.7. The smallest absolute Gasteiger partial charge is 0.129 e. The third kappa shape index (κ3) is 4.01. The third-order valence-corrected chi connectivity index (χ3v) is 4.14. The van der Waals surface area contributed by atoms with E-state index in [1.54, 1.807) is 6.07 Å². The molecule has 0 amide bonds. The van der Waals surface area contributed by atoms with E-state index < -0.39 is 0 Å². The zero-order valence-corrected chi connectivity index (χ0v) is 12.9. The Hall–Kier alpha value is -0.450. The Morgan fingerprint density at radius 3 is 2.79 bits per heavy atom. The lowest BCUT2D eigenvalue weighted by atomic mass is 9.86. The fourth-order valence-electron chi connectivity index (χ4n) is 2.63. The molecule has 0 aliphatic carbocycles. The minimum Gasteiger partial charge on any atom is -0.381 e. The Bertz CT molecular complexity index is 407. The molecule has 1 saturated heterocycles. The van der Waals surface area contributed by atoms with Crippen LogP contribution >= 0.6 is 15.9 Å². The van der Waals surface area contributed by atoms with Gasteiger partial charge in [-0.05, 0) is 43.9 Å². The van der Waals surface area contributed by atoms with Crippen LogP contribution in [-0.4, -0.2) is 19.8 Å². The molecule has 106 valence electrons. The summed E-state index contributed by atoms with van der Waals surface area (Å²) in [4.78, 5) is 0. The van der Waals surface area contributed by atoms with Crippen LogP contribution in [0, 0.1) is 11.7 Å². The van der Waals surface area contributed by atoms with Crippen LogP contribution in [0.3, 0.4) is 0 Å². The third-order valence-electron chi connectivity index (χ3n) is 3.65. The Labute approximate surface area is 122 Å². The van der Waals surface area contributed by atoms with Crippen LogP contribution in [0.2, 0.25) is 0 Å². The molecule has 1 unspecified atom stereocenters. The second-order valence-electron chi connectivity index (χ2n) is 5.05. The van der Waals surface area contributed by atoms with Crippen molar-refractivity contribution in [2.24, 2.45) is 5.92 Å². The first-order valence-electron chi connectivity index (χ1n) is 6.98. The maximum atomic E-state index is 14.2. The average molecular weight is 330 g/mol. The number of hydrogen-bond donors (Lipinski definition) is 1. The van der Waals surface area contributed by atoms with Gasteiger partial charge in [0.2, 0.25) is 0 Å². The molecule has 1 aliphatic heterocycles. The molecule has 1 aromatic carbocycles. The van der Waals surface area contributed by atoms with Gasteiger partial charge >= 0.3 is 0 Å². The molecule has 1 N–H and O–H groups in total. The van der Waals surface area contributed by atoms with E-state index in [-0.39, 0.29) is 11.9 Å². The minimum atomic E-state index is -0.130. The summed E-state index contributed by atoms with van der Waals surface area (Å²) >= 11 is 3.31. The highest BCUT2D eigenvalue weighted by Crippen LogP contribution is 2.32. The predicted molar refractivity (Wildman–Crippen MR) is 78.7 cm³/mol. The van der Waals surface area contributed by atoms with Gasteiger partial charge in [-0.1, -0.05) is 28.9 Å². The molecule has 0 aromatic heterocycles. The molecule has 1 heterocycles.